The standard InChI is InChI=1S/C10H16N2O3S/c13-8-2-1-3-11(4-8)9(14)5-12-7-16-6-10(12)15/h8,13H,1-7H2. The quantitative estimate of drug-likeness (QED) is 0.711. The zero-order valence-electron chi connectivity index (χ0n) is 9.09. The minimum Gasteiger partial charge on any atom is -0.391 e. The molecule has 0 spiro atoms. The van der Waals surface area contributed by atoms with Gasteiger partial charge in [-0.1, -0.05) is 0 Å². The normalized spacial score (nSPS) is 26.3. The van der Waals surface area contributed by atoms with Gasteiger partial charge in [-0.2, -0.15) is 0 Å². The molecular weight excluding hydrogens is 228 g/mol. The van der Waals surface area contributed by atoms with Gasteiger partial charge in [-0.15, -0.1) is 11.8 Å². The Morgan fingerprint density at radius 1 is 1.56 bits per heavy atom. The summed E-state index contributed by atoms with van der Waals surface area (Å²) >= 11 is 1.54. The predicted octanol–water partition coefficient (Wildman–Crippen LogP) is -0.497. The van der Waals surface area contributed by atoms with Gasteiger partial charge in [0.1, 0.15) is 6.54 Å². The van der Waals surface area contributed by atoms with Crippen LogP contribution in [0.4, 0.5) is 0 Å². The molecule has 0 aliphatic carbocycles. The maximum atomic E-state index is 11.9. The molecule has 16 heavy (non-hydrogen) atoms. The van der Waals surface area contributed by atoms with E-state index >= 15 is 0 Å². The highest BCUT2D eigenvalue weighted by molar-refractivity contribution is 8.00. The summed E-state index contributed by atoms with van der Waals surface area (Å²) < 4.78 is 0. The predicted molar refractivity (Wildman–Crippen MR) is 60.9 cm³/mol. The summed E-state index contributed by atoms with van der Waals surface area (Å²) in [6.45, 7) is 1.28. The van der Waals surface area contributed by atoms with Gasteiger partial charge in [0, 0.05) is 13.1 Å². The molecule has 0 aromatic carbocycles. The monoisotopic (exact) mass is 244 g/mol. The number of nitrogens with zero attached hydrogens (tertiary/aromatic N) is 2. The zero-order valence-corrected chi connectivity index (χ0v) is 9.91. The van der Waals surface area contributed by atoms with E-state index in [0.29, 0.717) is 24.7 Å². The molecule has 2 aliphatic rings. The molecule has 2 saturated heterocycles. The van der Waals surface area contributed by atoms with Gasteiger partial charge >= 0.3 is 0 Å². The molecule has 1 atom stereocenters. The van der Waals surface area contributed by atoms with E-state index in [0.717, 1.165) is 12.8 Å². The topological polar surface area (TPSA) is 60.9 Å². The van der Waals surface area contributed by atoms with Crippen LogP contribution in [0.2, 0.25) is 0 Å². The first-order valence-corrected chi connectivity index (χ1v) is 6.63. The highest BCUT2D eigenvalue weighted by Crippen LogP contribution is 2.16. The van der Waals surface area contributed by atoms with Gasteiger partial charge in [0.05, 0.1) is 17.7 Å². The van der Waals surface area contributed by atoms with Crippen molar-refractivity contribution in [3.05, 3.63) is 0 Å². The number of carbonyl (C=O) groups is 2. The largest absolute Gasteiger partial charge is 0.391 e. The summed E-state index contributed by atoms with van der Waals surface area (Å²) in [6.07, 6.45) is 1.21. The molecule has 2 heterocycles. The Labute approximate surface area is 98.8 Å². The van der Waals surface area contributed by atoms with Crippen molar-refractivity contribution in [2.24, 2.45) is 0 Å². The Morgan fingerprint density at radius 3 is 3.00 bits per heavy atom. The molecule has 0 bridgehead atoms. The van der Waals surface area contributed by atoms with Gasteiger partial charge in [-0.3, -0.25) is 9.59 Å². The second kappa shape index (κ2) is 5.05. The third-order valence-electron chi connectivity index (χ3n) is 2.90. The van der Waals surface area contributed by atoms with Crippen LogP contribution in [-0.4, -0.2) is 64.1 Å². The SMILES string of the molecule is O=C1CSCN1CC(=O)N1CCCC(O)C1. The van der Waals surface area contributed by atoms with E-state index in [4.69, 9.17) is 0 Å². The number of amides is 2. The fourth-order valence-corrected chi connectivity index (χ4v) is 2.89. The fourth-order valence-electron chi connectivity index (χ4n) is 1.98. The number of aliphatic hydroxyl groups is 1. The molecule has 2 aliphatic heterocycles. The number of carbonyl (C=O) groups excluding carboxylic acids is 2. The van der Waals surface area contributed by atoms with E-state index in [1.54, 1.807) is 9.80 Å². The maximum absolute atomic E-state index is 11.9. The molecule has 0 saturated carbocycles. The lowest BCUT2D eigenvalue weighted by Gasteiger charge is -2.31. The van der Waals surface area contributed by atoms with Gasteiger partial charge < -0.3 is 14.9 Å². The molecule has 0 aromatic rings. The van der Waals surface area contributed by atoms with Crippen LogP contribution in [0.5, 0.6) is 0 Å². The lowest BCUT2D eigenvalue weighted by molar-refractivity contribution is -0.140. The molecule has 6 heteroatoms. The van der Waals surface area contributed by atoms with Crippen LogP contribution in [0.25, 0.3) is 0 Å². The van der Waals surface area contributed by atoms with E-state index < -0.39 is 6.10 Å². The molecule has 1 N–H and O–H groups in total. The van der Waals surface area contributed by atoms with Gasteiger partial charge in [-0.05, 0) is 12.8 Å². The molecule has 2 rings (SSSR count). The van der Waals surface area contributed by atoms with Crippen molar-refractivity contribution in [2.45, 2.75) is 18.9 Å². The van der Waals surface area contributed by atoms with E-state index in [1.165, 1.54) is 11.8 Å². The van der Waals surface area contributed by atoms with Crippen molar-refractivity contribution in [1.82, 2.24) is 9.80 Å². The fraction of sp³-hybridized carbons (Fsp3) is 0.800. The molecule has 90 valence electrons. The second-order valence-electron chi connectivity index (χ2n) is 4.21. The van der Waals surface area contributed by atoms with Crippen molar-refractivity contribution < 1.29 is 14.7 Å². The number of hydrogen-bond donors (Lipinski definition) is 1. The second-order valence-corrected chi connectivity index (χ2v) is 5.16. The summed E-state index contributed by atoms with van der Waals surface area (Å²) in [5.74, 6) is 1.09. The summed E-state index contributed by atoms with van der Waals surface area (Å²) in [7, 11) is 0. The van der Waals surface area contributed by atoms with Gasteiger partial charge in [-0.25, -0.2) is 0 Å². The van der Waals surface area contributed by atoms with Crippen molar-refractivity contribution in [1.29, 1.82) is 0 Å². The average molecular weight is 244 g/mol. The van der Waals surface area contributed by atoms with Crippen LogP contribution in [0.15, 0.2) is 0 Å². The van der Waals surface area contributed by atoms with Gasteiger partial charge in [0.25, 0.3) is 0 Å². The van der Waals surface area contributed by atoms with Crippen molar-refractivity contribution in [2.75, 3.05) is 31.3 Å². The smallest absolute Gasteiger partial charge is 0.242 e. The average Bonchev–Trinajstić information content (AvgIpc) is 2.64. The van der Waals surface area contributed by atoms with Crippen LogP contribution < -0.4 is 0 Å². The number of piperidine rings is 1. The zero-order chi connectivity index (χ0) is 11.5. The first kappa shape index (κ1) is 11.7. The third-order valence-corrected chi connectivity index (χ3v) is 3.85. The highest BCUT2D eigenvalue weighted by Gasteiger charge is 2.27. The van der Waals surface area contributed by atoms with Crippen LogP contribution in [0, 0.1) is 0 Å². The minimum absolute atomic E-state index is 0.0379. The number of likely N-dealkylation sites (tertiary alicyclic amines) is 1. The van der Waals surface area contributed by atoms with Gasteiger partial charge in [0.15, 0.2) is 0 Å². The van der Waals surface area contributed by atoms with Crippen LogP contribution >= 0.6 is 11.8 Å². The number of aliphatic hydroxyl groups excluding tert-OH is 1. The van der Waals surface area contributed by atoms with E-state index in [9.17, 15) is 14.7 Å². The van der Waals surface area contributed by atoms with Crippen molar-refractivity contribution in [3.8, 4) is 0 Å². The molecule has 2 amide bonds. The number of β-amino-alcohol motifs (C(OH)–C–C–N with tert-alkyl or cyclic N) is 1. The van der Waals surface area contributed by atoms with Crippen LogP contribution in [0.3, 0.4) is 0 Å². The number of rotatable bonds is 2. The molecule has 0 aromatic heterocycles. The lowest BCUT2D eigenvalue weighted by atomic mass is 10.1. The van der Waals surface area contributed by atoms with Crippen LogP contribution in [0.1, 0.15) is 12.8 Å². The number of hydrogen-bond acceptors (Lipinski definition) is 4. The van der Waals surface area contributed by atoms with E-state index in [-0.39, 0.29) is 18.4 Å². The summed E-state index contributed by atoms with van der Waals surface area (Å²) in [6, 6.07) is 0. The highest BCUT2D eigenvalue weighted by atomic mass is 32.2. The molecule has 0 radical (unpaired) electrons. The molecule has 2 fully saturated rings. The molecule has 5 nitrogen and oxygen atoms in total. The first-order chi connectivity index (χ1) is 7.66. The summed E-state index contributed by atoms with van der Waals surface area (Å²) in [5, 5.41) is 9.46. The van der Waals surface area contributed by atoms with E-state index in [1.807, 2.05) is 0 Å². The molecular formula is C10H16N2O3S. The summed E-state index contributed by atoms with van der Waals surface area (Å²) in [5.41, 5.74) is 0. The Kier molecular flexibility index (Phi) is 3.70. The van der Waals surface area contributed by atoms with Gasteiger partial charge in [0.2, 0.25) is 11.8 Å². The van der Waals surface area contributed by atoms with Crippen molar-refractivity contribution >= 4 is 23.6 Å². The van der Waals surface area contributed by atoms with E-state index in [2.05, 4.69) is 0 Å². The Hall–Kier alpha value is -0.750. The van der Waals surface area contributed by atoms with Crippen LogP contribution in [-0.2, 0) is 9.59 Å². The lowest BCUT2D eigenvalue weighted by Crippen LogP contribution is -2.46. The Bertz CT molecular complexity index is 298. The van der Waals surface area contributed by atoms with Crippen molar-refractivity contribution in [3.63, 3.8) is 0 Å². The summed E-state index contributed by atoms with van der Waals surface area (Å²) in [4.78, 5) is 26.4. The third kappa shape index (κ3) is 2.68. The Morgan fingerprint density at radius 2 is 2.38 bits per heavy atom. The minimum atomic E-state index is -0.402. The Balaban J connectivity index is 1.85. The first-order valence-electron chi connectivity index (χ1n) is 5.48. The maximum Gasteiger partial charge on any atom is 0.242 e. The number of thioether (sulfide) groups is 1. The molecule has 1 unspecified atom stereocenters.